The number of hydrogen-bond donors (Lipinski definition) is 2. The Labute approximate surface area is 125 Å². The molecule has 0 bridgehead atoms. The van der Waals surface area contributed by atoms with Gasteiger partial charge in [-0.2, -0.15) is 0 Å². The van der Waals surface area contributed by atoms with Crippen molar-refractivity contribution >= 4 is 0 Å². The highest BCUT2D eigenvalue weighted by atomic mass is 16.5. The van der Waals surface area contributed by atoms with Gasteiger partial charge in [0, 0.05) is 24.6 Å². The van der Waals surface area contributed by atoms with Crippen LogP contribution >= 0.6 is 0 Å². The van der Waals surface area contributed by atoms with E-state index in [0.29, 0.717) is 17.6 Å². The van der Waals surface area contributed by atoms with Crippen LogP contribution in [0.5, 0.6) is 0 Å². The molecular weight excluding hydrogens is 248 g/mol. The molecule has 2 aliphatic rings. The van der Waals surface area contributed by atoms with Gasteiger partial charge in [0.15, 0.2) is 0 Å². The van der Waals surface area contributed by atoms with E-state index in [1.165, 1.54) is 38.5 Å². The highest BCUT2D eigenvalue weighted by Crippen LogP contribution is 2.43. The van der Waals surface area contributed by atoms with Crippen LogP contribution in [0.4, 0.5) is 0 Å². The van der Waals surface area contributed by atoms with Crippen LogP contribution in [0.15, 0.2) is 0 Å². The van der Waals surface area contributed by atoms with Crippen LogP contribution in [-0.4, -0.2) is 31.8 Å². The Bertz CT molecular complexity index is 295. The van der Waals surface area contributed by atoms with Crippen LogP contribution < -0.4 is 11.1 Å². The summed E-state index contributed by atoms with van der Waals surface area (Å²) in [5.41, 5.74) is 6.74. The summed E-state index contributed by atoms with van der Waals surface area (Å²) in [5, 5.41) is 3.83. The molecule has 3 N–H and O–H groups in total. The number of rotatable bonds is 6. The van der Waals surface area contributed by atoms with E-state index >= 15 is 0 Å². The molecule has 0 spiro atoms. The van der Waals surface area contributed by atoms with E-state index in [-0.39, 0.29) is 5.41 Å². The Morgan fingerprint density at radius 1 is 1.15 bits per heavy atom. The Morgan fingerprint density at radius 3 is 2.30 bits per heavy atom. The first-order chi connectivity index (χ1) is 9.54. The average Bonchev–Trinajstić information content (AvgIpc) is 2.68. The minimum Gasteiger partial charge on any atom is -0.378 e. The van der Waals surface area contributed by atoms with Crippen molar-refractivity contribution in [2.75, 3.05) is 19.7 Å². The van der Waals surface area contributed by atoms with Crippen molar-refractivity contribution in [3.05, 3.63) is 0 Å². The van der Waals surface area contributed by atoms with Gasteiger partial charge in [-0.1, -0.05) is 39.5 Å². The molecule has 0 radical (unpaired) electrons. The van der Waals surface area contributed by atoms with Gasteiger partial charge in [0.1, 0.15) is 0 Å². The van der Waals surface area contributed by atoms with Gasteiger partial charge in [-0.25, -0.2) is 0 Å². The van der Waals surface area contributed by atoms with E-state index in [1.54, 1.807) is 0 Å². The second-order valence-electron chi connectivity index (χ2n) is 7.55. The van der Waals surface area contributed by atoms with Crippen LogP contribution in [0.1, 0.15) is 65.7 Å². The predicted octanol–water partition coefficient (Wildman–Crippen LogP) is 3.08. The molecule has 0 heterocycles. The average molecular weight is 282 g/mol. The van der Waals surface area contributed by atoms with Gasteiger partial charge in [0.05, 0.1) is 6.10 Å². The first-order valence-corrected chi connectivity index (χ1v) is 8.59. The van der Waals surface area contributed by atoms with Crippen molar-refractivity contribution in [2.24, 2.45) is 16.6 Å². The van der Waals surface area contributed by atoms with E-state index in [2.05, 4.69) is 26.1 Å². The molecule has 118 valence electrons. The summed E-state index contributed by atoms with van der Waals surface area (Å²) in [7, 11) is 0. The molecule has 0 amide bonds. The van der Waals surface area contributed by atoms with Gasteiger partial charge < -0.3 is 15.8 Å². The van der Waals surface area contributed by atoms with Gasteiger partial charge in [0.2, 0.25) is 0 Å². The SMILES string of the molecule is CCOC1CC(NCC2(CN)CCCCCC2)C1(C)C. The van der Waals surface area contributed by atoms with Crippen molar-refractivity contribution in [3.8, 4) is 0 Å². The lowest BCUT2D eigenvalue weighted by Gasteiger charge is -2.53. The largest absolute Gasteiger partial charge is 0.378 e. The molecular formula is C17H34N2O. The van der Waals surface area contributed by atoms with Gasteiger partial charge in [-0.15, -0.1) is 0 Å². The Kier molecular flexibility index (Phi) is 5.49. The van der Waals surface area contributed by atoms with Crippen molar-refractivity contribution in [2.45, 2.75) is 77.9 Å². The maximum atomic E-state index is 6.13. The van der Waals surface area contributed by atoms with Crippen LogP contribution in [0.25, 0.3) is 0 Å². The summed E-state index contributed by atoms with van der Waals surface area (Å²) < 4.78 is 5.82. The highest BCUT2D eigenvalue weighted by molar-refractivity contribution is 5.03. The normalized spacial score (nSPS) is 32.4. The third-order valence-electron chi connectivity index (χ3n) is 5.87. The minimum absolute atomic E-state index is 0.260. The number of hydrogen-bond acceptors (Lipinski definition) is 3. The van der Waals surface area contributed by atoms with Gasteiger partial charge in [-0.05, 0) is 38.1 Å². The molecule has 2 rings (SSSR count). The van der Waals surface area contributed by atoms with Crippen LogP contribution in [0.2, 0.25) is 0 Å². The summed E-state index contributed by atoms with van der Waals surface area (Å²) in [6.45, 7) is 9.51. The summed E-state index contributed by atoms with van der Waals surface area (Å²) in [6, 6.07) is 0.589. The van der Waals surface area contributed by atoms with Crippen LogP contribution in [-0.2, 0) is 4.74 Å². The lowest BCUT2D eigenvalue weighted by Crippen LogP contribution is -2.62. The maximum absolute atomic E-state index is 6.13. The molecule has 2 atom stereocenters. The molecule has 2 fully saturated rings. The van der Waals surface area contributed by atoms with E-state index in [0.717, 1.165) is 26.1 Å². The molecule has 0 aromatic heterocycles. The lowest BCUT2D eigenvalue weighted by atomic mass is 9.64. The molecule has 3 heteroatoms. The maximum Gasteiger partial charge on any atom is 0.0655 e. The molecule has 20 heavy (non-hydrogen) atoms. The Morgan fingerprint density at radius 2 is 1.80 bits per heavy atom. The van der Waals surface area contributed by atoms with Gasteiger partial charge in [-0.3, -0.25) is 0 Å². The van der Waals surface area contributed by atoms with Gasteiger partial charge in [0.25, 0.3) is 0 Å². The zero-order valence-electron chi connectivity index (χ0n) is 13.7. The van der Waals surface area contributed by atoms with E-state index in [4.69, 9.17) is 10.5 Å². The zero-order valence-corrected chi connectivity index (χ0v) is 13.7. The molecule has 0 aromatic carbocycles. The van der Waals surface area contributed by atoms with Crippen molar-refractivity contribution in [1.29, 1.82) is 0 Å². The van der Waals surface area contributed by atoms with Crippen molar-refractivity contribution in [1.82, 2.24) is 5.32 Å². The standard InChI is InChI=1S/C17H34N2O/c1-4-20-15-11-14(16(15,2)3)19-13-17(12-18)9-7-5-6-8-10-17/h14-15,19H,4-13,18H2,1-3H3. The number of ether oxygens (including phenoxy) is 1. The fraction of sp³-hybridized carbons (Fsp3) is 1.00. The minimum atomic E-state index is 0.260. The summed E-state index contributed by atoms with van der Waals surface area (Å²) >= 11 is 0. The molecule has 3 nitrogen and oxygen atoms in total. The number of nitrogens with two attached hydrogens (primary N) is 1. The topological polar surface area (TPSA) is 47.3 Å². The first kappa shape index (κ1) is 16.3. The molecule has 2 unspecified atom stereocenters. The third kappa shape index (κ3) is 3.37. The van der Waals surface area contributed by atoms with Gasteiger partial charge >= 0.3 is 0 Å². The Balaban J connectivity index is 1.85. The quantitative estimate of drug-likeness (QED) is 0.736. The smallest absolute Gasteiger partial charge is 0.0655 e. The van der Waals surface area contributed by atoms with Crippen molar-refractivity contribution in [3.63, 3.8) is 0 Å². The predicted molar refractivity (Wildman–Crippen MR) is 84.8 cm³/mol. The molecule has 0 saturated heterocycles. The van der Waals surface area contributed by atoms with Crippen molar-refractivity contribution < 1.29 is 4.74 Å². The zero-order chi connectivity index (χ0) is 14.6. The third-order valence-corrected chi connectivity index (χ3v) is 5.87. The van der Waals surface area contributed by atoms with E-state index < -0.39 is 0 Å². The van der Waals surface area contributed by atoms with E-state index in [9.17, 15) is 0 Å². The summed E-state index contributed by atoms with van der Waals surface area (Å²) in [4.78, 5) is 0. The first-order valence-electron chi connectivity index (χ1n) is 8.59. The fourth-order valence-corrected chi connectivity index (χ4v) is 3.99. The molecule has 0 aliphatic heterocycles. The lowest BCUT2D eigenvalue weighted by molar-refractivity contribution is -0.115. The van der Waals surface area contributed by atoms with E-state index in [1.807, 2.05) is 0 Å². The molecule has 2 saturated carbocycles. The fourth-order valence-electron chi connectivity index (χ4n) is 3.99. The highest BCUT2D eigenvalue weighted by Gasteiger charge is 2.49. The molecule has 0 aromatic rings. The summed E-state index contributed by atoms with van der Waals surface area (Å²) in [6.07, 6.45) is 9.68. The monoisotopic (exact) mass is 282 g/mol. The molecule has 2 aliphatic carbocycles. The second-order valence-corrected chi connectivity index (χ2v) is 7.55. The number of nitrogens with one attached hydrogen (secondary N) is 1. The van der Waals surface area contributed by atoms with Crippen LogP contribution in [0, 0.1) is 10.8 Å². The summed E-state index contributed by atoms with van der Waals surface area (Å²) in [5.74, 6) is 0. The van der Waals surface area contributed by atoms with Crippen LogP contribution in [0.3, 0.4) is 0 Å². The second kappa shape index (κ2) is 6.76. The Hall–Kier alpha value is -0.120.